The first-order valence-corrected chi connectivity index (χ1v) is 5.65. The molecule has 1 unspecified atom stereocenters. The summed E-state index contributed by atoms with van der Waals surface area (Å²) in [4.78, 5) is 4.40. The van der Waals surface area contributed by atoms with Gasteiger partial charge in [-0.3, -0.25) is 0 Å². The molecular weight excluding hydrogens is 192 g/mol. The minimum atomic E-state index is -0.616. The van der Waals surface area contributed by atoms with Crippen molar-refractivity contribution in [3.05, 3.63) is 0 Å². The van der Waals surface area contributed by atoms with E-state index in [0.717, 1.165) is 6.54 Å². The van der Waals surface area contributed by atoms with E-state index in [1.54, 1.807) is 0 Å². The Balaban J connectivity index is 2.38. The van der Waals surface area contributed by atoms with Gasteiger partial charge in [-0.25, -0.2) is 0 Å². The number of rotatable bonds is 6. The van der Waals surface area contributed by atoms with Gasteiger partial charge < -0.3 is 20.0 Å². The quantitative estimate of drug-likeness (QED) is 0.643. The molecule has 0 aromatic rings. The molecule has 0 bridgehead atoms. The minimum absolute atomic E-state index is 0.153. The van der Waals surface area contributed by atoms with Crippen molar-refractivity contribution >= 4 is 0 Å². The van der Waals surface area contributed by atoms with Gasteiger partial charge in [-0.05, 0) is 40.4 Å². The highest BCUT2D eigenvalue weighted by atomic mass is 16.3. The van der Waals surface area contributed by atoms with Crippen LogP contribution in [-0.4, -0.2) is 72.5 Å². The Labute approximate surface area is 92.5 Å². The average Bonchev–Trinajstić information content (AvgIpc) is 2.10. The topological polar surface area (TPSA) is 46.9 Å². The maximum atomic E-state index is 9.35. The summed E-state index contributed by atoms with van der Waals surface area (Å²) in [6.45, 7) is 1.36. The summed E-state index contributed by atoms with van der Waals surface area (Å²) in [6, 6.07) is 0. The maximum absolute atomic E-state index is 9.35. The maximum Gasteiger partial charge on any atom is 0.0897 e. The molecule has 0 heterocycles. The second-order valence-corrected chi connectivity index (χ2v) is 5.01. The lowest BCUT2D eigenvalue weighted by molar-refractivity contribution is 0.00590. The van der Waals surface area contributed by atoms with Crippen molar-refractivity contribution in [2.45, 2.75) is 30.9 Å². The lowest BCUT2D eigenvalue weighted by Crippen LogP contribution is -2.57. The standard InChI is InChI=1S/C11H24N2O2/c1-12(2)11(5-4-6-11)9-13(3)7-10(15)8-14/h10,14-15H,4-9H2,1-3H3. The fraction of sp³-hybridized carbons (Fsp3) is 1.00. The van der Waals surface area contributed by atoms with Crippen molar-refractivity contribution in [3.63, 3.8) is 0 Å². The van der Waals surface area contributed by atoms with Crippen molar-refractivity contribution in [2.24, 2.45) is 0 Å². The van der Waals surface area contributed by atoms with E-state index in [4.69, 9.17) is 5.11 Å². The van der Waals surface area contributed by atoms with Gasteiger partial charge in [-0.1, -0.05) is 0 Å². The van der Waals surface area contributed by atoms with Crippen molar-refractivity contribution in [3.8, 4) is 0 Å². The van der Waals surface area contributed by atoms with Crippen LogP contribution in [0, 0.1) is 0 Å². The summed E-state index contributed by atoms with van der Waals surface area (Å²) in [6.07, 6.45) is 3.16. The lowest BCUT2D eigenvalue weighted by atomic mass is 9.75. The largest absolute Gasteiger partial charge is 0.394 e. The van der Waals surface area contributed by atoms with Gasteiger partial charge in [0.2, 0.25) is 0 Å². The summed E-state index contributed by atoms with van der Waals surface area (Å²) in [5.74, 6) is 0. The van der Waals surface area contributed by atoms with E-state index in [2.05, 4.69) is 23.9 Å². The Hall–Kier alpha value is -0.160. The van der Waals surface area contributed by atoms with E-state index in [9.17, 15) is 5.11 Å². The Morgan fingerprint density at radius 3 is 2.20 bits per heavy atom. The summed E-state index contributed by atoms with van der Waals surface area (Å²) in [5.41, 5.74) is 0.296. The molecule has 0 spiro atoms. The molecule has 0 aliphatic heterocycles. The fourth-order valence-corrected chi connectivity index (χ4v) is 2.32. The SMILES string of the molecule is CN(CC(O)CO)CC1(N(C)C)CCC1. The Morgan fingerprint density at radius 2 is 1.87 bits per heavy atom. The number of hydrogen-bond donors (Lipinski definition) is 2. The first-order chi connectivity index (χ1) is 7.00. The highest BCUT2D eigenvalue weighted by Crippen LogP contribution is 2.36. The number of nitrogens with zero attached hydrogens (tertiary/aromatic N) is 2. The van der Waals surface area contributed by atoms with Crippen LogP contribution in [0.5, 0.6) is 0 Å². The smallest absolute Gasteiger partial charge is 0.0897 e. The molecule has 1 aliphatic rings. The minimum Gasteiger partial charge on any atom is -0.394 e. The highest BCUT2D eigenvalue weighted by Gasteiger charge is 2.39. The summed E-state index contributed by atoms with van der Waals surface area (Å²) >= 11 is 0. The molecule has 0 amide bonds. The molecule has 0 radical (unpaired) electrons. The second kappa shape index (κ2) is 5.25. The summed E-state index contributed by atoms with van der Waals surface area (Å²) in [7, 11) is 6.24. The predicted octanol–water partition coefficient (Wildman–Crippen LogP) is -0.244. The average molecular weight is 216 g/mol. The van der Waals surface area contributed by atoms with Gasteiger partial charge in [0.25, 0.3) is 0 Å². The Morgan fingerprint density at radius 1 is 1.27 bits per heavy atom. The van der Waals surface area contributed by atoms with E-state index in [0.29, 0.717) is 12.1 Å². The third-order valence-electron chi connectivity index (χ3n) is 3.53. The van der Waals surface area contributed by atoms with Gasteiger partial charge in [0.05, 0.1) is 12.7 Å². The van der Waals surface area contributed by atoms with Crippen molar-refractivity contribution in [2.75, 3.05) is 40.8 Å². The van der Waals surface area contributed by atoms with Crippen LogP contribution in [0.1, 0.15) is 19.3 Å². The predicted molar refractivity (Wildman–Crippen MR) is 60.9 cm³/mol. The van der Waals surface area contributed by atoms with Crippen LogP contribution in [0.15, 0.2) is 0 Å². The molecule has 4 nitrogen and oxygen atoms in total. The zero-order valence-corrected chi connectivity index (χ0v) is 10.1. The molecule has 4 heteroatoms. The van der Waals surface area contributed by atoms with Crippen molar-refractivity contribution in [1.29, 1.82) is 0 Å². The van der Waals surface area contributed by atoms with E-state index in [-0.39, 0.29) is 6.61 Å². The molecule has 0 aromatic heterocycles. The van der Waals surface area contributed by atoms with Gasteiger partial charge in [0.15, 0.2) is 0 Å². The van der Waals surface area contributed by atoms with Crippen LogP contribution in [0.2, 0.25) is 0 Å². The fourth-order valence-electron chi connectivity index (χ4n) is 2.32. The monoisotopic (exact) mass is 216 g/mol. The third-order valence-corrected chi connectivity index (χ3v) is 3.53. The molecule has 90 valence electrons. The van der Waals surface area contributed by atoms with E-state index >= 15 is 0 Å². The molecular formula is C11H24N2O2. The van der Waals surface area contributed by atoms with E-state index < -0.39 is 6.10 Å². The van der Waals surface area contributed by atoms with Gasteiger partial charge >= 0.3 is 0 Å². The molecule has 1 aliphatic carbocycles. The van der Waals surface area contributed by atoms with Gasteiger partial charge in [0.1, 0.15) is 0 Å². The summed E-state index contributed by atoms with van der Waals surface area (Å²) < 4.78 is 0. The van der Waals surface area contributed by atoms with Crippen LogP contribution in [0.4, 0.5) is 0 Å². The van der Waals surface area contributed by atoms with Crippen LogP contribution in [0.3, 0.4) is 0 Å². The Bertz CT molecular complexity index is 193. The van der Waals surface area contributed by atoms with Crippen LogP contribution >= 0.6 is 0 Å². The molecule has 0 saturated heterocycles. The summed E-state index contributed by atoms with van der Waals surface area (Å²) in [5, 5.41) is 18.1. The zero-order valence-electron chi connectivity index (χ0n) is 10.1. The normalized spacial score (nSPS) is 21.8. The molecule has 15 heavy (non-hydrogen) atoms. The van der Waals surface area contributed by atoms with E-state index in [1.807, 2.05) is 7.05 Å². The highest BCUT2D eigenvalue weighted by molar-refractivity contribution is 4.97. The number of aliphatic hydroxyl groups excluding tert-OH is 2. The van der Waals surface area contributed by atoms with Gasteiger partial charge in [-0.2, -0.15) is 0 Å². The molecule has 1 fully saturated rings. The molecule has 2 N–H and O–H groups in total. The molecule has 1 rings (SSSR count). The van der Waals surface area contributed by atoms with Crippen molar-refractivity contribution in [1.82, 2.24) is 9.80 Å². The lowest BCUT2D eigenvalue weighted by Gasteiger charge is -2.49. The van der Waals surface area contributed by atoms with Gasteiger partial charge in [0, 0.05) is 18.6 Å². The molecule has 1 saturated carbocycles. The Kier molecular flexibility index (Phi) is 4.52. The number of aliphatic hydroxyl groups is 2. The number of hydrogen-bond acceptors (Lipinski definition) is 4. The molecule has 0 aromatic carbocycles. The zero-order chi connectivity index (χ0) is 11.5. The third kappa shape index (κ3) is 3.14. The van der Waals surface area contributed by atoms with Crippen LogP contribution in [-0.2, 0) is 0 Å². The first kappa shape index (κ1) is 12.9. The van der Waals surface area contributed by atoms with E-state index in [1.165, 1.54) is 19.3 Å². The van der Waals surface area contributed by atoms with Gasteiger partial charge in [-0.15, -0.1) is 0 Å². The first-order valence-electron chi connectivity index (χ1n) is 5.65. The van der Waals surface area contributed by atoms with Crippen molar-refractivity contribution < 1.29 is 10.2 Å². The van der Waals surface area contributed by atoms with Crippen LogP contribution in [0.25, 0.3) is 0 Å². The van der Waals surface area contributed by atoms with Crippen LogP contribution < -0.4 is 0 Å². The molecule has 1 atom stereocenters. The second-order valence-electron chi connectivity index (χ2n) is 5.01. The number of likely N-dealkylation sites (N-methyl/N-ethyl adjacent to an activating group) is 2.